The maximum Gasteiger partial charge on any atom is 0.223 e. The van der Waals surface area contributed by atoms with E-state index in [1.165, 1.54) is 51.4 Å². The van der Waals surface area contributed by atoms with Crippen LogP contribution >= 0.6 is 0 Å². The molecule has 2 N–H and O–H groups in total. The lowest BCUT2D eigenvalue weighted by atomic mass is 10.1. The summed E-state index contributed by atoms with van der Waals surface area (Å²) in [5.41, 5.74) is 0. The minimum Gasteiger partial charge on any atom is -0.355 e. The molecule has 1 amide bonds. The highest BCUT2D eigenvalue weighted by molar-refractivity contribution is 5.78. The van der Waals surface area contributed by atoms with Crippen molar-refractivity contribution in [3.05, 3.63) is 0 Å². The van der Waals surface area contributed by atoms with Crippen LogP contribution in [0, 0.1) is 11.8 Å². The molecule has 3 heteroatoms. The van der Waals surface area contributed by atoms with Gasteiger partial charge >= 0.3 is 0 Å². The summed E-state index contributed by atoms with van der Waals surface area (Å²) in [6.07, 6.45) is 10.6. The van der Waals surface area contributed by atoms with Crippen LogP contribution in [0.1, 0.15) is 58.3 Å². The molecule has 2 aliphatic rings. The van der Waals surface area contributed by atoms with Crippen molar-refractivity contribution in [3.63, 3.8) is 0 Å². The first-order valence-electron chi connectivity index (χ1n) is 7.78. The summed E-state index contributed by atoms with van der Waals surface area (Å²) in [5.74, 6) is 1.14. The molecule has 0 heterocycles. The van der Waals surface area contributed by atoms with Crippen LogP contribution < -0.4 is 10.6 Å². The molecule has 0 bridgehead atoms. The molecule has 104 valence electrons. The Morgan fingerprint density at radius 3 is 2.33 bits per heavy atom. The number of carbonyl (C=O) groups excluding carboxylic acids is 1. The van der Waals surface area contributed by atoms with Gasteiger partial charge in [-0.3, -0.25) is 4.79 Å². The van der Waals surface area contributed by atoms with Gasteiger partial charge in [0.1, 0.15) is 0 Å². The quantitative estimate of drug-likeness (QED) is 0.563. The van der Waals surface area contributed by atoms with Crippen LogP contribution in [0.15, 0.2) is 0 Å². The number of rotatable bonds is 6. The van der Waals surface area contributed by atoms with Crippen molar-refractivity contribution in [1.82, 2.24) is 10.6 Å². The second-order valence-electron chi connectivity index (χ2n) is 6.06. The minimum atomic E-state index is 0.225. The van der Waals surface area contributed by atoms with E-state index in [2.05, 4.69) is 17.6 Å². The Hall–Kier alpha value is -0.570. The molecule has 1 atom stereocenters. The maximum atomic E-state index is 11.8. The van der Waals surface area contributed by atoms with E-state index in [0.29, 0.717) is 12.0 Å². The van der Waals surface area contributed by atoms with Crippen molar-refractivity contribution in [2.45, 2.75) is 64.3 Å². The van der Waals surface area contributed by atoms with Crippen LogP contribution in [-0.2, 0) is 4.79 Å². The van der Waals surface area contributed by atoms with E-state index in [0.717, 1.165) is 13.1 Å². The largest absolute Gasteiger partial charge is 0.355 e. The average molecular weight is 252 g/mol. The molecule has 0 aromatic rings. The molecule has 18 heavy (non-hydrogen) atoms. The Balaban J connectivity index is 1.53. The van der Waals surface area contributed by atoms with Crippen molar-refractivity contribution < 1.29 is 4.79 Å². The normalized spacial score (nSPS) is 23.4. The average Bonchev–Trinajstić information content (AvgIpc) is 3.19. The standard InChI is InChI=1S/C15H28N2O/c1-12(13-8-9-13)15(18)17-11-10-16-14-6-4-2-3-5-7-14/h12-14,16H,2-11H2,1H3,(H,17,18). The van der Waals surface area contributed by atoms with Crippen LogP contribution in [0.4, 0.5) is 0 Å². The Kier molecular flexibility index (Phi) is 5.48. The van der Waals surface area contributed by atoms with Crippen molar-refractivity contribution in [2.24, 2.45) is 11.8 Å². The Labute approximate surface area is 111 Å². The van der Waals surface area contributed by atoms with Crippen LogP contribution in [0.5, 0.6) is 0 Å². The first-order chi connectivity index (χ1) is 8.77. The van der Waals surface area contributed by atoms with Gasteiger partial charge in [0.05, 0.1) is 0 Å². The minimum absolute atomic E-state index is 0.225. The maximum absolute atomic E-state index is 11.8. The number of hydrogen-bond acceptors (Lipinski definition) is 2. The van der Waals surface area contributed by atoms with Crippen LogP contribution in [0.2, 0.25) is 0 Å². The van der Waals surface area contributed by atoms with Gasteiger partial charge in [-0.15, -0.1) is 0 Å². The second kappa shape index (κ2) is 7.13. The van der Waals surface area contributed by atoms with Gasteiger partial charge in [0.25, 0.3) is 0 Å². The van der Waals surface area contributed by atoms with E-state index >= 15 is 0 Å². The first kappa shape index (κ1) is 13.9. The lowest BCUT2D eigenvalue weighted by Crippen LogP contribution is -2.38. The summed E-state index contributed by atoms with van der Waals surface area (Å²) in [5, 5.41) is 6.64. The fourth-order valence-corrected chi connectivity index (χ4v) is 2.92. The van der Waals surface area contributed by atoms with E-state index in [1.54, 1.807) is 0 Å². The Morgan fingerprint density at radius 1 is 1.06 bits per heavy atom. The summed E-state index contributed by atoms with van der Waals surface area (Å²) in [6.45, 7) is 3.77. The third-order valence-corrected chi connectivity index (χ3v) is 4.46. The first-order valence-corrected chi connectivity index (χ1v) is 7.78. The molecule has 0 aromatic carbocycles. The van der Waals surface area contributed by atoms with Crippen LogP contribution in [0.25, 0.3) is 0 Å². The predicted molar refractivity (Wildman–Crippen MR) is 74.4 cm³/mol. The highest BCUT2D eigenvalue weighted by Gasteiger charge is 2.32. The molecular weight excluding hydrogens is 224 g/mol. The van der Waals surface area contributed by atoms with Crippen molar-refractivity contribution in [3.8, 4) is 0 Å². The van der Waals surface area contributed by atoms with Gasteiger partial charge in [0, 0.05) is 25.0 Å². The number of carbonyl (C=O) groups is 1. The van der Waals surface area contributed by atoms with Crippen molar-refractivity contribution in [2.75, 3.05) is 13.1 Å². The van der Waals surface area contributed by atoms with Gasteiger partial charge in [0.15, 0.2) is 0 Å². The molecule has 0 aromatic heterocycles. The SMILES string of the molecule is CC(C(=O)NCCNC1CCCCCC1)C1CC1. The third-order valence-electron chi connectivity index (χ3n) is 4.46. The molecule has 2 saturated carbocycles. The molecule has 3 nitrogen and oxygen atoms in total. The Morgan fingerprint density at radius 2 is 1.72 bits per heavy atom. The van der Waals surface area contributed by atoms with Gasteiger partial charge in [-0.1, -0.05) is 32.6 Å². The fraction of sp³-hybridized carbons (Fsp3) is 0.933. The highest BCUT2D eigenvalue weighted by atomic mass is 16.1. The molecule has 1 unspecified atom stereocenters. The van der Waals surface area contributed by atoms with Crippen LogP contribution in [0.3, 0.4) is 0 Å². The van der Waals surface area contributed by atoms with E-state index < -0.39 is 0 Å². The van der Waals surface area contributed by atoms with Gasteiger partial charge in [-0.25, -0.2) is 0 Å². The summed E-state index contributed by atoms with van der Waals surface area (Å²) < 4.78 is 0. The zero-order valence-electron chi connectivity index (χ0n) is 11.7. The molecule has 0 saturated heterocycles. The molecule has 2 aliphatic carbocycles. The highest BCUT2D eigenvalue weighted by Crippen LogP contribution is 2.36. The zero-order chi connectivity index (χ0) is 12.8. The van der Waals surface area contributed by atoms with Gasteiger partial charge in [-0.2, -0.15) is 0 Å². The number of amides is 1. The molecule has 0 spiro atoms. The predicted octanol–water partition coefficient (Wildman–Crippen LogP) is 2.46. The van der Waals surface area contributed by atoms with E-state index in [4.69, 9.17) is 0 Å². The molecule has 2 rings (SSSR count). The lowest BCUT2D eigenvalue weighted by Gasteiger charge is -2.17. The molecule has 0 radical (unpaired) electrons. The van der Waals surface area contributed by atoms with Crippen molar-refractivity contribution in [1.29, 1.82) is 0 Å². The van der Waals surface area contributed by atoms with E-state index in [-0.39, 0.29) is 11.8 Å². The molecular formula is C15H28N2O. The van der Waals surface area contributed by atoms with Crippen LogP contribution in [-0.4, -0.2) is 25.0 Å². The van der Waals surface area contributed by atoms with Crippen molar-refractivity contribution >= 4 is 5.91 Å². The number of nitrogens with one attached hydrogen (secondary N) is 2. The molecule has 2 fully saturated rings. The zero-order valence-corrected chi connectivity index (χ0v) is 11.7. The Bertz CT molecular complexity index is 255. The summed E-state index contributed by atoms with van der Waals surface area (Å²) in [6, 6.07) is 0.685. The third kappa shape index (κ3) is 4.60. The summed E-state index contributed by atoms with van der Waals surface area (Å²) in [7, 11) is 0. The topological polar surface area (TPSA) is 41.1 Å². The van der Waals surface area contributed by atoms with E-state index in [9.17, 15) is 4.79 Å². The monoisotopic (exact) mass is 252 g/mol. The van der Waals surface area contributed by atoms with Gasteiger partial charge in [-0.05, 0) is 31.6 Å². The van der Waals surface area contributed by atoms with Gasteiger partial charge in [0.2, 0.25) is 5.91 Å². The molecule has 0 aliphatic heterocycles. The number of hydrogen-bond donors (Lipinski definition) is 2. The smallest absolute Gasteiger partial charge is 0.223 e. The van der Waals surface area contributed by atoms with E-state index in [1.807, 2.05) is 0 Å². The summed E-state index contributed by atoms with van der Waals surface area (Å²) in [4.78, 5) is 11.8. The lowest BCUT2D eigenvalue weighted by molar-refractivity contribution is -0.125. The fourth-order valence-electron chi connectivity index (χ4n) is 2.92. The summed E-state index contributed by atoms with van der Waals surface area (Å²) >= 11 is 0. The second-order valence-corrected chi connectivity index (χ2v) is 6.06. The van der Waals surface area contributed by atoms with Gasteiger partial charge < -0.3 is 10.6 Å².